The average Bonchev–Trinajstić information content (AvgIpc) is 2.36. The second kappa shape index (κ2) is 5.83. The molecule has 0 unspecified atom stereocenters. The second-order valence-electron chi connectivity index (χ2n) is 4.99. The van der Waals surface area contributed by atoms with Gasteiger partial charge in [-0.05, 0) is 56.2 Å². The highest BCUT2D eigenvalue weighted by molar-refractivity contribution is 7.89. The molecule has 0 atom stereocenters. The molecule has 0 fully saturated rings. The first-order valence-corrected chi connectivity index (χ1v) is 8.01. The number of primary sulfonamides is 1. The monoisotopic (exact) mass is 306 g/mol. The molecule has 2 N–H and O–H groups in total. The van der Waals surface area contributed by atoms with Crippen molar-refractivity contribution in [3.8, 4) is 5.75 Å². The van der Waals surface area contributed by atoms with E-state index in [1.807, 2.05) is 25.1 Å². The lowest BCUT2D eigenvalue weighted by Gasteiger charge is -2.13. The first kappa shape index (κ1) is 15.5. The van der Waals surface area contributed by atoms with Crippen molar-refractivity contribution in [1.82, 2.24) is 4.98 Å². The van der Waals surface area contributed by atoms with E-state index in [2.05, 4.69) is 4.98 Å². The Morgan fingerprint density at radius 2 is 1.76 bits per heavy atom. The van der Waals surface area contributed by atoms with E-state index in [9.17, 15) is 8.42 Å². The Bertz CT molecular complexity index is 747. The third kappa shape index (κ3) is 3.80. The van der Waals surface area contributed by atoms with Gasteiger partial charge in [-0.15, -0.1) is 0 Å². The molecule has 2 rings (SSSR count). The van der Waals surface area contributed by atoms with Gasteiger partial charge in [0.15, 0.2) is 0 Å². The SMILES string of the molecule is Cc1cccc(COc2c(C)cc(S(N)(=O)=O)cc2C)n1. The molecular weight excluding hydrogens is 288 g/mol. The van der Waals surface area contributed by atoms with Gasteiger partial charge in [0.05, 0.1) is 10.6 Å². The maximum absolute atomic E-state index is 11.4. The number of nitrogens with zero attached hydrogens (tertiary/aromatic N) is 1. The van der Waals surface area contributed by atoms with Crippen LogP contribution in [0.2, 0.25) is 0 Å². The number of hydrogen-bond donors (Lipinski definition) is 1. The predicted molar refractivity (Wildman–Crippen MR) is 80.6 cm³/mol. The fourth-order valence-corrected chi connectivity index (χ4v) is 2.81. The first-order valence-electron chi connectivity index (χ1n) is 6.47. The summed E-state index contributed by atoms with van der Waals surface area (Å²) in [5, 5.41) is 5.15. The van der Waals surface area contributed by atoms with Gasteiger partial charge < -0.3 is 4.74 Å². The molecule has 21 heavy (non-hydrogen) atoms. The Balaban J connectivity index is 2.25. The highest BCUT2D eigenvalue weighted by Gasteiger charge is 2.13. The Morgan fingerprint density at radius 1 is 1.14 bits per heavy atom. The molecule has 1 aromatic heterocycles. The van der Waals surface area contributed by atoms with Crippen LogP contribution in [0, 0.1) is 20.8 Å². The smallest absolute Gasteiger partial charge is 0.238 e. The van der Waals surface area contributed by atoms with E-state index in [1.54, 1.807) is 13.8 Å². The van der Waals surface area contributed by atoms with Crippen molar-refractivity contribution in [3.05, 3.63) is 52.8 Å². The summed E-state index contributed by atoms with van der Waals surface area (Å²) in [7, 11) is -3.71. The normalized spacial score (nSPS) is 11.4. The van der Waals surface area contributed by atoms with Crippen LogP contribution in [0.1, 0.15) is 22.5 Å². The number of benzene rings is 1. The van der Waals surface area contributed by atoms with Crippen molar-refractivity contribution in [2.45, 2.75) is 32.3 Å². The van der Waals surface area contributed by atoms with Gasteiger partial charge in [0.2, 0.25) is 10.0 Å². The van der Waals surface area contributed by atoms with Crippen molar-refractivity contribution in [3.63, 3.8) is 0 Å². The third-order valence-electron chi connectivity index (χ3n) is 3.07. The molecule has 0 spiro atoms. The number of sulfonamides is 1. The maximum atomic E-state index is 11.4. The van der Waals surface area contributed by atoms with Gasteiger partial charge in [-0.3, -0.25) is 4.98 Å². The third-order valence-corrected chi connectivity index (χ3v) is 3.97. The number of aryl methyl sites for hydroxylation is 3. The van der Waals surface area contributed by atoms with E-state index < -0.39 is 10.0 Å². The van der Waals surface area contributed by atoms with Crippen LogP contribution in [-0.4, -0.2) is 13.4 Å². The molecule has 2 aromatic rings. The maximum Gasteiger partial charge on any atom is 0.238 e. The minimum atomic E-state index is -3.71. The van der Waals surface area contributed by atoms with Gasteiger partial charge in [0, 0.05) is 5.69 Å². The van der Waals surface area contributed by atoms with E-state index >= 15 is 0 Å². The van der Waals surface area contributed by atoms with Crippen LogP contribution in [0.3, 0.4) is 0 Å². The summed E-state index contributed by atoms with van der Waals surface area (Å²) >= 11 is 0. The molecule has 0 radical (unpaired) electrons. The van der Waals surface area contributed by atoms with Gasteiger partial charge in [-0.1, -0.05) is 6.07 Å². The molecular formula is C15H18N2O3S. The van der Waals surface area contributed by atoms with E-state index in [4.69, 9.17) is 9.88 Å². The van der Waals surface area contributed by atoms with Crippen molar-refractivity contribution >= 4 is 10.0 Å². The molecule has 112 valence electrons. The summed E-state index contributed by atoms with van der Waals surface area (Å²) in [4.78, 5) is 4.46. The fourth-order valence-electron chi connectivity index (χ4n) is 2.13. The molecule has 1 heterocycles. The standard InChI is InChI=1S/C15H18N2O3S/c1-10-7-14(21(16,18)19)8-11(2)15(10)20-9-13-6-4-5-12(3)17-13/h4-8H,9H2,1-3H3,(H2,16,18,19). The van der Waals surface area contributed by atoms with Crippen LogP contribution < -0.4 is 9.88 Å². The Hall–Kier alpha value is -1.92. The zero-order valence-corrected chi connectivity index (χ0v) is 13.1. The molecule has 1 aromatic carbocycles. The van der Waals surface area contributed by atoms with Gasteiger partial charge in [-0.25, -0.2) is 13.6 Å². The van der Waals surface area contributed by atoms with E-state index in [0.29, 0.717) is 12.4 Å². The fraction of sp³-hybridized carbons (Fsp3) is 0.267. The molecule has 0 aliphatic heterocycles. The van der Waals surface area contributed by atoms with Crippen molar-refractivity contribution in [2.24, 2.45) is 5.14 Å². The summed E-state index contributed by atoms with van der Waals surface area (Å²) < 4.78 is 28.6. The van der Waals surface area contributed by atoms with Crippen molar-refractivity contribution in [1.29, 1.82) is 0 Å². The zero-order valence-electron chi connectivity index (χ0n) is 12.3. The molecule has 5 nitrogen and oxygen atoms in total. The van der Waals surface area contributed by atoms with Gasteiger partial charge in [-0.2, -0.15) is 0 Å². The predicted octanol–water partition coefficient (Wildman–Crippen LogP) is 2.23. The lowest BCUT2D eigenvalue weighted by molar-refractivity contribution is 0.296. The molecule has 6 heteroatoms. The number of ether oxygens (including phenoxy) is 1. The Kier molecular flexibility index (Phi) is 4.29. The summed E-state index contributed by atoms with van der Waals surface area (Å²) in [6, 6.07) is 8.75. The van der Waals surface area contributed by atoms with Gasteiger partial charge >= 0.3 is 0 Å². The summed E-state index contributed by atoms with van der Waals surface area (Å²) in [6.45, 7) is 5.83. The van der Waals surface area contributed by atoms with E-state index in [1.165, 1.54) is 12.1 Å². The molecule has 0 amide bonds. The number of rotatable bonds is 4. The first-order chi connectivity index (χ1) is 9.77. The van der Waals surface area contributed by atoms with Crippen molar-refractivity contribution < 1.29 is 13.2 Å². The average molecular weight is 306 g/mol. The number of nitrogens with two attached hydrogens (primary N) is 1. The zero-order chi connectivity index (χ0) is 15.6. The topological polar surface area (TPSA) is 82.3 Å². The second-order valence-corrected chi connectivity index (χ2v) is 6.55. The van der Waals surface area contributed by atoms with Crippen LogP contribution in [0.5, 0.6) is 5.75 Å². The molecule has 0 saturated carbocycles. The lowest BCUT2D eigenvalue weighted by Crippen LogP contribution is -2.13. The molecule has 0 saturated heterocycles. The van der Waals surface area contributed by atoms with Crippen LogP contribution in [-0.2, 0) is 16.6 Å². The quantitative estimate of drug-likeness (QED) is 0.939. The van der Waals surface area contributed by atoms with Gasteiger partial charge in [0.1, 0.15) is 12.4 Å². The Labute approximate surface area is 124 Å². The van der Waals surface area contributed by atoms with Crippen molar-refractivity contribution in [2.75, 3.05) is 0 Å². The summed E-state index contributed by atoms with van der Waals surface area (Å²) in [5.41, 5.74) is 3.21. The van der Waals surface area contributed by atoms with Gasteiger partial charge in [0.25, 0.3) is 0 Å². The Morgan fingerprint density at radius 3 is 2.29 bits per heavy atom. The minimum absolute atomic E-state index is 0.0959. The number of hydrogen-bond acceptors (Lipinski definition) is 4. The number of pyridine rings is 1. The molecule has 0 aliphatic carbocycles. The highest BCUT2D eigenvalue weighted by Crippen LogP contribution is 2.27. The summed E-state index contributed by atoms with van der Waals surface area (Å²) in [6.07, 6.45) is 0. The van der Waals surface area contributed by atoms with E-state index in [-0.39, 0.29) is 4.90 Å². The molecule has 0 bridgehead atoms. The van der Waals surface area contributed by atoms with Crippen LogP contribution in [0.4, 0.5) is 0 Å². The lowest BCUT2D eigenvalue weighted by atomic mass is 10.1. The minimum Gasteiger partial charge on any atom is -0.487 e. The van der Waals surface area contributed by atoms with E-state index in [0.717, 1.165) is 22.5 Å². The number of aromatic nitrogens is 1. The molecule has 0 aliphatic rings. The van der Waals surface area contributed by atoms with Crippen LogP contribution in [0.25, 0.3) is 0 Å². The summed E-state index contributed by atoms with van der Waals surface area (Å²) in [5.74, 6) is 0.658. The van der Waals surface area contributed by atoms with Crippen LogP contribution in [0.15, 0.2) is 35.2 Å². The highest BCUT2D eigenvalue weighted by atomic mass is 32.2. The van der Waals surface area contributed by atoms with Crippen LogP contribution >= 0.6 is 0 Å². The largest absolute Gasteiger partial charge is 0.487 e.